The minimum atomic E-state index is -0.154. The second kappa shape index (κ2) is 8.05. The van der Waals surface area contributed by atoms with E-state index in [4.69, 9.17) is 4.52 Å². The third-order valence-corrected chi connectivity index (χ3v) is 7.21. The second-order valence-corrected chi connectivity index (χ2v) is 11.3. The standard InChI is InChI=1S/C28H29N5O3/c1-27(2,3)24-12-26(36-31-24)30-25(35)10-18-4-6-19(7-5-18)33-17-29-22-11-20(8-9-23(22)33)32-15-28(16-32)13-21(34)14-28/h4-9,11-12,17H,10,13-16H2,1-3H3,(H,30,35). The van der Waals surface area contributed by atoms with E-state index >= 15 is 0 Å². The molecule has 6 rings (SSSR count). The molecule has 8 heteroatoms. The first-order valence-electron chi connectivity index (χ1n) is 12.3. The third kappa shape index (κ3) is 4.06. The number of rotatable bonds is 5. The summed E-state index contributed by atoms with van der Waals surface area (Å²) in [6.45, 7) is 8.03. The van der Waals surface area contributed by atoms with Crippen LogP contribution in [0.15, 0.2) is 59.4 Å². The average molecular weight is 484 g/mol. The van der Waals surface area contributed by atoms with E-state index in [2.05, 4.69) is 38.6 Å². The van der Waals surface area contributed by atoms with Crippen molar-refractivity contribution in [3.63, 3.8) is 0 Å². The molecule has 1 amide bonds. The summed E-state index contributed by atoms with van der Waals surface area (Å²) in [5.74, 6) is 0.597. The molecule has 1 saturated carbocycles. The van der Waals surface area contributed by atoms with Crippen molar-refractivity contribution in [2.24, 2.45) is 5.41 Å². The summed E-state index contributed by atoms with van der Waals surface area (Å²) in [6.07, 6.45) is 3.53. The van der Waals surface area contributed by atoms with Crippen LogP contribution in [-0.2, 0) is 21.4 Å². The van der Waals surface area contributed by atoms with E-state index in [1.54, 1.807) is 6.07 Å². The normalized spacial score (nSPS) is 16.8. The Labute approximate surface area is 209 Å². The van der Waals surface area contributed by atoms with Crippen LogP contribution in [0, 0.1) is 5.41 Å². The summed E-state index contributed by atoms with van der Waals surface area (Å²) in [7, 11) is 0. The second-order valence-electron chi connectivity index (χ2n) is 11.3. The molecule has 0 atom stereocenters. The minimum Gasteiger partial charge on any atom is -0.370 e. The smallest absolute Gasteiger partial charge is 0.231 e. The summed E-state index contributed by atoms with van der Waals surface area (Å²) in [5, 5.41) is 6.82. The van der Waals surface area contributed by atoms with Gasteiger partial charge < -0.3 is 9.42 Å². The quantitative estimate of drug-likeness (QED) is 0.444. The molecule has 2 fully saturated rings. The highest BCUT2D eigenvalue weighted by Crippen LogP contribution is 2.47. The van der Waals surface area contributed by atoms with Gasteiger partial charge in [0.25, 0.3) is 0 Å². The molecule has 1 aliphatic heterocycles. The molecule has 1 N–H and O–H groups in total. The minimum absolute atomic E-state index is 0.142. The first-order chi connectivity index (χ1) is 17.2. The fourth-order valence-electron chi connectivity index (χ4n) is 5.19. The van der Waals surface area contributed by atoms with E-state index in [-0.39, 0.29) is 23.2 Å². The van der Waals surface area contributed by atoms with Crippen LogP contribution >= 0.6 is 0 Å². The lowest BCUT2D eigenvalue weighted by molar-refractivity contribution is -0.134. The molecule has 8 nitrogen and oxygen atoms in total. The van der Waals surface area contributed by atoms with Gasteiger partial charge in [-0.2, -0.15) is 0 Å². The summed E-state index contributed by atoms with van der Waals surface area (Å²) in [4.78, 5) is 30.8. The van der Waals surface area contributed by atoms with Crippen molar-refractivity contribution in [3.8, 4) is 5.69 Å². The maximum atomic E-state index is 12.5. The van der Waals surface area contributed by atoms with Crippen molar-refractivity contribution in [2.75, 3.05) is 23.3 Å². The van der Waals surface area contributed by atoms with Gasteiger partial charge in [-0.05, 0) is 35.9 Å². The van der Waals surface area contributed by atoms with E-state index < -0.39 is 0 Å². The Balaban J connectivity index is 1.11. The number of nitrogens with one attached hydrogen (secondary N) is 1. The maximum Gasteiger partial charge on any atom is 0.231 e. The van der Waals surface area contributed by atoms with Gasteiger partial charge in [0.05, 0.1) is 23.1 Å². The van der Waals surface area contributed by atoms with Crippen LogP contribution < -0.4 is 10.2 Å². The monoisotopic (exact) mass is 483 g/mol. The Morgan fingerprint density at radius 1 is 1.06 bits per heavy atom. The maximum absolute atomic E-state index is 12.5. The van der Waals surface area contributed by atoms with E-state index in [0.717, 1.165) is 59.6 Å². The first kappa shape index (κ1) is 22.5. The zero-order valence-electron chi connectivity index (χ0n) is 20.7. The van der Waals surface area contributed by atoms with Gasteiger partial charge in [0.15, 0.2) is 0 Å². The molecule has 1 saturated heterocycles. The third-order valence-electron chi connectivity index (χ3n) is 7.21. The predicted molar refractivity (Wildman–Crippen MR) is 137 cm³/mol. The Hall–Kier alpha value is -3.94. The van der Waals surface area contributed by atoms with Crippen molar-refractivity contribution in [1.29, 1.82) is 0 Å². The van der Waals surface area contributed by atoms with Crippen LogP contribution in [-0.4, -0.2) is 39.5 Å². The molecular formula is C28H29N5O3. The molecule has 4 aromatic rings. The van der Waals surface area contributed by atoms with Crippen LogP contribution in [0.25, 0.3) is 16.7 Å². The Morgan fingerprint density at radius 2 is 1.78 bits per heavy atom. The van der Waals surface area contributed by atoms with Gasteiger partial charge in [-0.3, -0.25) is 19.5 Å². The van der Waals surface area contributed by atoms with Gasteiger partial charge in [-0.15, -0.1) is 0 Å². The van der Waals surface area contributed by atoms with Gasteiger partial charge in [-0.25, -0.2) is 4.98 Å². The number of benzene rings is 2. The summed E-state index contributed by atoms with van der Waals surface area (Å²) in [6, 6.07) is 16.0. The fourth-order valence-corrected chi connectivity index (χ4v) is 5.19. The lowest BCUT2D eigenvalue weighted by atomic mass is 9.62. The Morgan fingerprint density at radius 3 is 2.44 bits per heavy atom. The largest absolute Gasteiger partial charge is 0.370 e. The van der Waals surface area contributed by atoms with Crippen LogP contribution in [0.2, 0.25) is 0 Å². The number of nitrogens with zero attached hydrogens (tertiary/aromatic N) is 4. The zero-order chi connectivity index (χ0) is 25.1. The van der Waals surface area contributed by atoms with Gasteiger partial charge in [0, 0.05) is 54.2 Å². The molecule has 0 bridgehead atoms. The SMILES string of the molecule is CC(C)(C)c1cc(NC(=O)Cc2ccc(-n3cnc4cc(N5CC6(CC(=O)C6)C5)ccc43)cc2)on1. The fraction of sp³-hybridized carbons (Fsp3) is 0.357. The van der Waals surface area contributed by atoms with Gasteiger partial charge in [-0.1, -0.05) is 38.1 Å². The van der Waals surface area contributed by atoms with Crippen molar-refractivity contribution in [3.05, 3.63) is 66.1 Å². The highest BCUT2D eigenvalue weighted by molar-refractivity contribution is 5.91. The molecular weight excluding hydrogens is 454 g/mol. The van der Waals surface area contributed by atoms with Gasteiger partial charge >= 0.3 is 0 Å². The summed E-state index contributed by atoms with van der Waals surface area (Å²) in [5.41, 5.74) is 5.88. The number of amides is 1. The van der Waals surface area contributed by atoms with Gasteiger partial charge in [0.1, 0.15) is 12.1 Å². The molecule has 2 aromatic carbocycles. The molecule has 36 heavy (non-hydrogen) atoms. The molecule has 0 unspecified atom stereocenters. The number of carbonyl (C=O) groups is 2. The number of anilines is 2. The highest BCUT2D eigenvalue weighted by Gasteiger charge is 2.52. The van der Waals surface area contributed by atoms with E-state index in [9.17, 15) is 9.59 Å². The Kier molecular flexibility index (Phi) is 5.03. The number of hydrogen-bond acceptors (Lipinski definition) is 6. The van der Waals surface area contributed by atoms with Crippen LogP contribution in [0.1, 0.15) is 44.9 Å². The lowest BCUT2D eigenvalue weighted by Gasteiger charge is -2.55. The van der Waals surface area contributed by atoms with Crippen molar-refractivity contribution in [2.45, 2.75) is 45.4 Å². The zero-order valence-corrected chi connectivity index (χ0v) is 20.7. The lowest BCUT2D eigenvalue weighted by Crippen LogP contribution is -2.62. The molecule has 2 aromatic heterocycles. The molecule has 1 aliphatic carbocycles. The molecule has 1 spiro atoms. The number of ketones is 1. The van der Waals surface area contributed by atoms with Crippen LogP contribution in [0.5, 0.6) is 0 Å². The van der Waals surface area contributed by atoms with Crippen LogP contribution in [0.4, 0.5) is 11.6 Å². The number of carbonyl (C=O) groups excluding carboxylic acids is 2. The number of imidazole rings is 1. The van der Waals surface area contributed by atoms with Crippen molar-refractivity contribution >= 4 is 34.3 Å². The predicted octanol–water partition coefficient (Wildman–Crippen LogP) is 4.66. The Bertz CT molecular complexity index is 1460. The number of fused-ring (bicyclic) bond motifs is 1. The molecule has 184 valence electrons. The number of Topliss-reactive ketones (excluding diaryl/α,β-unsaturated/α-hetero) is 1. The summed E-state index contributed by atoms with van der Waals surface area (Å²) < 4.78 is 7.31. The number of hydrogen-bond donors (Lipinski definition) is 1. The number of aromatic nitrogens is 3. The van der Waals surface area contributed by atoms with Crippen molar-refractivity contribution in [1.82, 2.24) is 14.7 Å². The molecule has 3 heterocycles. The van der Waals surface area contributed by atoms with Crippen LogP contribution in [0.3, 0.4) is 0 Å². The topological polar surface area (TPSA) is 93.3 Å². The van der Waals surface area contributed by atoms with E-state index in [1.807, 2.05) is 55.9 Å². The van der Waals surface area contributed by atoms with E-state index in [1.165, 1.54) is 0 Å². The highest BCUT2D eigenvalue weighted by atomic mass is 16.5. The molecule has 0 radical (unpaired) electrons. The van der Waals surface area contributed by atoms with Gasteiger partial charge in [0.2, 0.25) is 11.8 Å². The van der Waals surface area contributed by atoms with E-state index in [0.29, 0.717) is 11.7 Å². The molecule has 2 aliphatic rings. The first-order valence-corrected chi connectivity index (χ1v) is 12.3. The van der Waals surface area contributed by atoms with Crippen molar-refractivity contribution < 1.29 is 14.1 Å². The average Bonchev–Trinajstić information content (AvgIpc) is 3.42. The summed E-state index contributed by atoms with van der Waals surface area (Å²) >= 11 is 0.